The zero-order valence-electron chi connectivity index (χ0n) is 8.65. The molecule has 1 spiro atoms. The van der Waals surface area contributed by atoms with Gasteiger partial charge in [0, 0.05) is 5.02 Å². The highest BCUT2D eigenvalue weighted by molar-refractivity contribution is 6.37. The van der Waals surface area contributed by atoms with Crippen molar-refractivity contribution in [1.29, 1.82) is 0 Å². The smallest absolute Gasteiger partial charge is 0.235 e. The van der Waals surface area contributed by atoms with Crippen molar-refractivity contribution >= 4 is 34.8 Å². The number of hydrogen-bond donors (Lipinski definition) is 1. The van der Waals surface area contributed by atoms with Gasteiger partial charge in [-0.1, -0.05) is 36.0 Å². The van der Waals surface area contributed by atoms with Gasteiger partial charge in [-0.05, 0) is 30.5 Å². The summed E-state index contributed by atoms with van der Waals surface area (Å²) in [5.74, 6) is 0.0872. The van der Waals surface area contributed by atoms with E-state index in [4.69, 9.17) is 23.2 Å². The molecule has 0 unspecified atom stereocenters. The van der Waals surface area contributed by atoms with Crippen molar-refractivity contribution < 1.29 is 4.79 Å². The van der Waals surface area contributed by atoms with Gasteiger partial charge in [-0.2, -0.15) is 0 Å². The monoisotopic (exact) mass is 255 g/mol. The van der Waals surface area contributed by atoms with Crippen LogP contribution in [0.25, 0.3) is 0 Å². The van der Waals surface area contributed by atoms with Gasteiger partial charge in [0.25, 0.3) is 0 Å². The number of carbonyl (C=O) groups excluding carboxylic acids is 1. The maximum absolute atomic E-state index is 12.1. The molecule has 16 heavy (non-hydrogen) atoms. The van der Waals surface area contributed by atoms with Crippen molar-refractivity contribution in [1.82, 2.24) is 0 Å². The van der Waals surface area contributed by atoms with Gasteiger partial charge in [0.1, 0.15) is 0 Å². The molecular weight excluding hydrogens is 245 g/mol. The topological polar surface area (TPSA) is 29.1 Å². The van der Waals surface area contributed by atoms with E-state index in [0.717, 1.165) is 36.9 Å². The third-order valence-corrected chi connectivity index (χ3v) is 4.22. The second-order valence-corrected chi connectivity index (χ2v) is 5.40. The van der Waals surface area contributed by atoms with Gasteiger partial charge in [0.2, 0.25) is 5.91 Å². The molecule has 0 bridgehead atoms. The van der Waals surface area contributed by atoms with Crippen LogP contribution in [0.2, 0.25) is 10.0 Å². The van der Waals surface area contributed by atoms with E-state index in [2.05, 4.69) is 5.32 Å². The molecule has 0 atom stereocenters. The Kier molecular flexibility index (Phi) is 2.20. The molecule has 3 rings (SSSR count). The molecule has 1 aliphatic heterocycles. The predicted molar refractivity (Wildman–Crippen MR) is 65.2 cm³/mol. The van der Waals surface area contributed by atoms with E-state index in [0.29, 0.717) is 10.0 Å². The van der Waals surface area contributed by atoms with E-state index in [9.17, 15) is 4.79 Å². The zero-order chi connectivity index (χ0) is 11.3. The highest BCUT2D eigenvalue weighted by Crippen LogP contribution is 2.51. The summed E-state index contributed by atoms with van der Waals surface area (Å²) in [6.45, 7) is 0. The Bertz CT molecular complexity index is 478. The highest BCUT2D eigenvalue weighted by Gasteiger charge is 2.49. The Morgan fingerprint density at radius 2 is 1.88 bits per heavy atom. The summed E-state index contributed by atoms with van der Waals surface area (Å²) in [6.07, 6.45) is 4.00. The van der Waals surface area contributed by atoms with Gasteiger partial charge in [-0.25, -0.2) is 0 Å². The number of anilines is 1. The van der Waals surface area contributed by atoms with Gasteiger partial charge < -0.3 is 5.32 Å². The van der Waals surface area contributed by atoms with Crippen LogP contribution < -0.4 is 5.32 Å². The summed E-state index contributed by atoms with van der Waals surface area (Å²) >= 11 is 12.1. The summed E-state index contributed by atoms with van der Waals surface area (Å²) in [4.78, 5) is 12.1. The fourth-order valence-corrected chi connectivity index (χ4v) is 3.45. The summed E-state index contributed by atoms with van der Waals surface area (Å²) < 4.78 is 0. The molecule has 1 saturated carbocycles. The number of amides is 1. The number of benzene rings is 1. The summed E-state index contributed by atoms with van der Waals surface area (Å²) in [5, 5.41) is 4.04. The van der Waals surface area contributed by atoms with Crippen LogP contribution in [-0.2, 0) is 10.2 Å². The number of halogens is 2. The first kappa shape index (κ1) is 10.4. The number of nitrogens with one attached hydrogen (secondary N) is 1. The lowest BCUT2D eigenvalue weighted by Crippen LogP contribution is -2.30. The molecule has 0 radical (unpaired) electrons. The second kappa shape index (κ2) is 3.38. The first-order valence-corrected chi connectivity index (χ1v) is 6.20. The van der Waals surface area contributed by atoms with Gasteiger partial charge in [-0.3, -0.25) is 4.79 Å². The fourth-order valence-electron chi connectivity index (χ4n) is 2.91. The molecule has 4 heteroatoms. The third-order valence-electron chi connectivity index (χ3n) is 3.70. The lowest BCUT2D eigenvalue weighted by molar-refractivity contribution is -0.120. The van der Waals surface area contributed by atoms with Gasteiger partial charge in [-0.15, -0.1) is 0 Å². The quantitative estimate of drug-likeness (QED) is 0.752. The third kappa shape index (κ3) is 1.23. The van der Waals surface area contributed by atoms with Gasteiger partial charge >= 0.3 is 0 Å². The van der Waals surface area contributed by atoms with E-state index in [-0.39, 0.29) is 11.3 Å². The summed E-state index contributed by atoms with van der Waals surface area (Å²) in [7, 11) is 0. The van der Waals surface area contributed by atoms with Crippen LogP contribution in [-0.4, -0.2) is 5.91 Å². The van der Waals surface area contributed by atoms with Crippen molar-refractivity contribution in [3.63, 3.8) is 0 Å². The van der Waals surface area contributed by atoms with Crippen LogP contribution in [0.15, 0.2) is 12.1 Å². The van der Waals surface area contributed by atoms with Crippen LogP contribution in [0.5, 0.6) is 0 Å². The molecule has 84 valence electrons. The van der Waals surface area contributed by atoms with Gasteiger partial charge in [0.05, 0.1) is 16.1 Å². The Hall–Kier alpha value is -0.730. The molecule has 2 nitrogen and oxygen atoms in total. The van der Waals surface area contributed by atoms with Crippen LogP contribution in [0.4, 0.5) is 5.69 Å². The minimum atomic E-state index is -0.357. The Labute approximate surface area is 104 Å². The maximum atomic E-state index is 12.1. The maximum Gasteiger partial charge on any atom is 0.235 e. The average molecular weight is 256 g/mol. The SMILES string of the molecule is O=C1Nc2c(Cl)cc(Cl)cc2C12CCCC2. The van der Waals surface area contributed by atoms with Crippen LogP contribution in [0, 0.1) is 0 Å². The molecule has 1 aliphatic carbocycles. The number of rotatable bonds is 0. The van der Waals surface area contributed by atoms with Crippen molar-refractivity contribution in [2.75, 3.05) is 5.32 Å². The van der Waals surface area contributed by atoms with Crippen molar-refractivity contribution in [2.45, 2.75) is 31.1 Å². The minimum Gasteiger partial charge on any atom is -0.324 e. The molecule has 2 aliphatic rings. The molecule has 0 saturated heterocycles. The van der Waals surface area contributed by atoms with Crippen LogP contribution >= 0.6 is 23.2 Å². The molecule has 1 amide bonds. The highest BCUT2D eigenvalue weighted by atomic mass is 35.5. The average Bonchev–Trinajstić information content (AvgIpc) is 2.79. The van der Waals surface area contributed by atoms with Crippen LogP contribution in [0.3, 0.4) is 0 Å². The second-order valence-electron chi connectivity index (χ2n) is 4.55. The van der Waals surface area contributed by atoms with Crippen molar-refractivity contribution in [2.24, 2.45) is 0 Å². The first-order chi connectivity index (χ1) is 7.63. The molecule has 0 aromatic heterocycles. The Balaban J connectivity index is 2.24. The predicted octanol–water partition coefficient (Wildman–Crippen LogP) is 3.76. The van der Waals surface area contributed by atoms with E-state index in [1.165, 1.54) is 0 Å². The molecule has 1 N–H and O–H groups in total. The van der Waals surface area contributed by atoms with E-state index in [1.54, 1.807) is 6.07 Å². The largest absolute Gasteiger partial charge is 0.324 e. The number of carbonyl (C=O) groups is 1. The fraction of sp³-hybridized carbons (Fsp3) is 0.417. The minimum absolute atomic E-state index is 0.0872. The Morgan fingerprint density at radius 3 is 2.56 bits per heavy atom. The molecule has 1 aromatic rings. The molecule has 1 fully saturated rings. The number of hydrogen-bond acceptors (Lipinski definition) is 1. The number of fused-ring (bicyclic) bond motifs is 2. The van der Waals surface area contributed by atoms with Crippen molar-refractivity contribution in [3.05, 3.63) is 27.7 Å². The lowest BCUT2D eigenvalue weighted by Gasteiger charge is -2.20. The zero-order valence-corrected chi connectivity index (χ0v) is 10.2. The normalized spacial score (nSPS) is 21.2. The first-order valence-electron chi connectivity index (χ1n) is 5.44. The lowest BCUT2D eigenvalue weighted by atomic mass is 9.80. The summed E-state index contributed by atoms with van der Waals surface area (Å²) in [6, 6.07) is 3.56. The van der Waals surface area contributed by atoms with Crippen molar-refractivity contribution in [3.8, 4) is 0 Å². The van der Waals surface area contributed by atoms with E-state index in [1.807, 2.05) is 6.07 Å². The van der Waals surface area contributed by atoms with E-state index < -0.39 is 0 Å². The van der Waals surface area contributed by atoms with Crippen LogP contribution in [0.1, 0.15) is 31.2 Å². The molecule has 1 aromatic carbocycles. The van der Waals surface area contributed by atoms with Gasteiger partial charge in [0.15, 0.2) is 0 Å². The molecule has 1 heterocycles. The van der Waals surface area contributed by atoms with E-state index >= 15 is 0 Å². The standard InChI is InChI=1S/C12H11Cl2NO/c13-7-5-8-10(9(14)6-7)15-11(16)12(8)3-1-2-4-12/h5-6H,1-4H2,(H,15,16). The molecular formula is C12H11Cl2NO. The summed E-state index contributed by atoms with van der Waals surface area (Å²) in [5.41, 5.74) is 1.40. The Morgan fingerprint density at radius 1 is 1.19 bits per heavy atom.